The average molecular weight is 518 g/mol. The minimum Gasteiger partial charge on any atom is -0.506 e. The van der Waals surface area contributed by atoms with E-state index < -0.39 is 5.91 Å². The number of hydrogen-bond donors (Lipinski definition) is 3. The van der Waals surface area contributed by atoms with Gasteiger partial charge in [-0.25, -0.2) is 4.98 Å². The number of aromatic nitrogens is 4. The van der Waals surface area contributed by atoms with Crippen molar-refractivity contribution in [2.45, 2.75) is 37.8 Å². The lowest BCUT2D eigenvalue weighted by atomic mass is 10.1. The fourth-order valence-electron chi connectivity index (χ4n) is 3.84. The zero-order chi connectivity index (χ0) is 24.5. The number of rotatable bonds is 7. The molecule has 1 aliphatic heterocycles. The summed E-state index contributed by atoms with van der Waals surface area (Å²) in [5.74, 6) is -0.319. The number of halogens is 2. The molecular weight excluding hydrogens is 493 g/mol. The van der Waals surface area contributed by atoms with Gasteiger partial charge in [-0.1, -0.05) is 23.2 Å². The molecule has 0 unspecified atom stereocenters. The third-order valence-corrected chi connectivity index (χ3v) is 6.73. The van der Waals surface area contributed by atoms with Crippen LogP contribution in [0.3, 0.4) is 0 Å². The van der Waals surface area contributed by atoms with Crippen molar-refractivity contribution in [2.24, 2.45) is 0 Å². The molecule has 3 aromatic rings. The number of hydrogen-bond acceptors (Lipinski definition) is 8. The molecule has 3 heterocycles. The van der Waals surface area contributed by atoms with Crippen molar-refractivity contribution in [2.75, 3.05) is 30.8 Å². The van der Waals surface area contributed by atoms with Crippen molar-refractivity contribution in [1.82, 2.24) is 24.6 Å². The van der Waals surface area contributed by atoms with Gasteiger partial charge in [0.05, 0.1) is 28.6 Å². The number of aromatic hydroxyl groups is 1. The van der Waals surface area contributed by atoms with Gasteiger partial charge in [-0.2, -0.15) is 10.1 Å². The van der Waals surface area contributed by atoms with Crippen LogP contribution in [0.15, 0.2) is 30.7 Å². The standard InChI is InChI=1S/C23H25Cl2N7O3/c1-31-8-6-14(7-9-31)32-12-13(10-27-32)28-23-26-11-16(22(30-23)35-15-2-3-15)21(34)29-20-17(24)4-5-18(33)19(20)25/h4-5,10-12,14-15,33H,2-3,6-9H2,1H3,(H,29,34)(H,26,28,30). The molecule has 0 radical (unpaired) electrons. The molecular formula is C23H25Cl2N7O3. The number of amides is 1. The van der Waals surface area contributed by atoms with E-state index in [4.69, 9.17) is 27.9 Å². The van der Waals surface area contributed by atoms with E-state index in [1.54, 1.807) is 6.20 Å². The van der Waals surface area contributed by atoms with E-state index in [1.165, 1.54) is 18.3 Å². The van der Waals surface area contributed by atoms with E-state index in [2.05, 4.69) is 37.6 Å². The van der Waals surface area contributed by atoms with Gasteiger partial charge >= 0.3 is 0 Å². The Bertz CT molecular complexity index is 1240. The molecule has 0 atom stereocenters. The van der Waals surface area contributed by atoms with Gasteiger partial charge in [0.2, 0.25) is 11.8 Å². The van der Waals surface area contributed by atoms with Gasteiger partial charge in [-0.05, 0) is 58.0 Å². The summed E-state index contributed by atoms with van der Waals surface area (Å²) in [6.07, 6.45) is 8.93. The minimum absolute atomic E-state index is 0.00410. The number of piperidine rings is 1. The topological polar surface area (TPSA) is 117 Å². The maximum absolute atomic E-state index is 13.0. The molecule has 35 heavy (non-hydrogen) atoms. The van der Waals surface area contributed by atoms with Gasteiger partial charge in [-0.3, -0.25) is 9.48 Å². The maximum Gasteiger partial charge on any atom is 0.262 e. The molecule has 12 heteroatoms. The summed E-state index contributed by atoms with van der Waals surface area (Å²) in [6.45, 7) is 2.08. The van der Waals surface area contributed by atoms with E-state index >= 15 is 0 Å². The Morgan fingerprint density at radius 3 is 2.69 bits per heavy atom. The molecule has 0 spiro atoms. The predicted molar refractivity (Wildman–Crippen MR) is 133 cm³/mol. The minimum atomic E-state index is -0.559. The first-order chi connectivity index (χ1) is 16.9. The smallest absolute Gasteiger partial charge is 0.262 e. The van der Waals surface area contributed by atoms with Crippen LogP contribution in [0.2, 0.25) is 10.0 Å². The predicted octanol–water partition coefficient (Wildman–Crippen LogP) is 4.49. The number of anilines is 3. The number of phenols is 1. The molecule has 0 bridgehead atoms. The quantitative estimate of drug-likeness (QED) is 0.419. The SMILES string of the molecule is CN1CCC(n2cc(Nc3ncc(C(=O)Nc4c(Cl)ccc(O)c4Cl)c(OC4CC4)n3)cn2)CC1. The maximum atomic E-state index is 13.0. The average Bonchev–Trinajstić information content (AvgIpc) is 3.54. The summed E-state index contributed by atoms with van der Waals surface area (Å²) >= 11 is 12.3. The van der Waals surface area contributed by atoms with E-state index in [1.807, 2.05) is 10.9 Å². The van der Waals surface area contributed by atoms with Gasteiger partial charge in [0.25, 0.3) is 5.91 Å². The fourth-order valence-corrected chi connectivity index (χ4v) is 4.31. The highest BCUT2D eigenvalue weighted by Gasteiger charge is 2.28. The van der Waals surface area contributed by atoms with E-state index in [9.17, 15) is 9.90 Å². The number of likely N-dealkylation sites (tertiary alicyclic amines) is 1. The molecule has 2 aliphatic rings. The van der Waals surface area contributed by atoms with Crippen LogP contribution < -0.4 is 15.4 Å². The molecule has 2 fully saturated rings. The lowest BCUT2D eigenvalue weighted by molar-refractivity contribution is 0.102. The number of phenolic OH excluding ortho intramolecular Hbond substituents is 1. The molecule has 5 rings (SSSR count). The van der Waals surface area contributed by atoms with Gasteiger partial charge in [0, 0.05) is 12.4 Å². The van der Waals surface area contributed by atoms with Crippen LogP contribution in [0.1, 0.15) is 42.1 Å². The highest BCUT2D eigenvalue weighted by molar-refractivity contribution is 6.40. The van der Waals surface area contributed by atoms with Gasteiger partial charge in [0.15, 0.2) is 0 Å². The van der Waals surface area contributed by atoms with E-state index in [-0.39, 0.29) is 45.0 Å². The van der Waals surface area contributed by atoms with Crippen LogP contribution >= 0.6 is 23.2 Å². The van der Waals surface area contributed by atoms with Crippen molar-refractivity contribution in [3.05, 3.63) is 46.3 Å². The van der Waals surface area contributed by atoms with Crippen LogP contribution in [0.4, 0.5) is 17.3 Å². The fraction of sp³-hybridized carbons (Fsp3) is 0.391. The molecule has 1 aromatic carbocycles. The summed E-state index contributed by atoms with van der Waals surface area (Å²) < 4.78 is 7.87. The van der Waals surface area contributed by atoms with Crippen molar-refractivity contribution in [3.63, 3.8) is 0 Å². The van der Waals surface area contributed by atoms with E-state index in [0.29, 0.717) is 6.04 Å². The second kappa shape index (κ2) is 9.88. The Morgan fingerprint density at radius 1 is 1.17 bits per heavy atom. The first-order valence-corrected chi connectivity index (χ1v) is 12.1. The molecule has 1 amide bonds. The summed E-state index contributed by atoms with van der Waals surface area (Å²) in [6, 6.07) is 3.15. The van der Waals surface area contributed by atoms with Gasteiger partial charge in [-0.15, -0.1) is 0 Å². The summed E-state index contributed by atoms with van der Waals surface area (Å²) in [7, 11) is 2.13. The Balaban J connectivity index is 1.34. The first kappa shape index (κ1) is 23.7. The Hall–Kier alpha value is -3.08. The third kappa shape index (κ3) is 5.44. The van der Waals surface area contributed by atoms with Crippen LogP contribution in [0.5, 0.6) is 11.6 Å². The normalized spacial score (nSPS) is 16.8. The van der Waals surface area contributed by atoms with Gasteiger partial charge in [0.1, 0.15) is 22.4 Å². The third-order valence-electron chi connectivity index (χ3n) is 6.03. The number of benzene rings is 1. The lowest BCUT2D eigenvalue weighted by Gasteiger charge is -2.28. The number of nitrogens with zero attached hydrogens (tertiary/aromatic N) is 5. The molecule has 184 valence electrons. The second-order valence-electron chi connectivity index (χ2n) is 8.81. The molecule has 1 aliphatic carbocycles. The van der Waals surface area contributed by atoms with Crippen molar-refractivity contribution in [3.8, 4) is 11.6 Å². The van der Waals surface area contributed by atoms with E-state index in [0.717, 1.165) is 44.5 Å². The van der Waals surface area contributed by atoms with Crippen LogP contribution in [0, 0.1) is 0 Å². The highest BCUT2D eigenvalue weighted by atomic mass is 35.5. The summed E-state index contributed by atoms with van der Waals surface area (Å²) in [5, 5.41) is 20.2. The largest absolute Gasteiger partial charge is 0.506 e. The number of carbonyl (C=O) groups excluding carboxylic acids is 1. The van der Waals surface area contributed by atoms with Crippen LogP contribution in [0.25, 0.3) is 0 Å². The zero-order valence-electron chi connectivity index (χ0n) is 19.0. The summed E-state index contributed by atoms with van der Waals surface area (Å²) in [5.41, 5.74) is 0.969. The van der Waals surface area contributed by atoms with Crippen molar-refractivity contribution < 1.29 is 14.6 Å². The second-order valence-corrected chi connectivity index (χ2v) is 9.59. The van der Waals surface area contributed by atoms with Crippen LogP contribution in [-0.4, -0.2) is 61.9 Å². The van der Waals surface area contributed by atoms with Crippen LogP contribution in [-0.2, 0) is 0 Å². The number of ether oxygens (including phenoxy) is 1. The Labute approximate surface area is 212 Å². The van der Waals surface area contributed by atoms with Gasteiger partial charge < -0.3 is 25.4 Å². The lowest BCUT2D eigenvalue weighted by Crippen LogP contribution is -2.31. The van der Waals surface area contributed by atoms with Crippen molar-refractivity contribution in [1.29, 1.82) is 0 Å². The van der Waals surface area contributed by atoms with Crippen molar-refractivity contribution >= 4 is 46.4 Å². The first-order valence-electron chi connectivity index (χ1n) is 11.4. The number of nitrogens with one attached hydrogen (secondary N) is 2. The Kier molecular flexibility index (Phi) is 6.68. The Morgan fingerprint density at radius 2 is 1.94 bits per heavy atom. The molecule has 2 aromatic heterocycles. The molecule has 10 nitrogen and oxygen atoms in total. The monoisotopic (exact) mass is 517 g/mol. The molecule has 1 saturated heterocycles. The highest BCUT2D eigenvalue weighted by Crippen LogP contribution is 2.38. The number of carbonyl (C=O) groups is 1. The zero-order valence-corrected chi connectivity index (χ0v) is 20.6. The molecule has 1 saturated carbocycles. The summed E-state index contributed by atoms with van der Waals surface area (Å²) in [4.78, 5) is 24.1. The molecule has 3 N–H and O–H groups in total.